The first-order valence-corrected chi connectivity index (χ1v) is 5.34. The van der Waals surface area contributed by atoms with Crippen LogP contribution in [0.15, 0.2) is 24.3 Å². The lowest BCUT2D eigenvalue weighted by Gasteiger charge is -2.03. The number of amides is 1. The zero-order chi connectivity index (χ0) is 12.4. The van der Waals surface area contributed by atoms with Crippen LogP contribution in [0, 0.1) is 6.20 Å². The molecular weight excluding hydrogens is 261 g/mol. The molecule has 17 heavy (non-hydrogen) atoms. The van der Waals surface area contributed by atoms with Crippen molar-refractivity contribution in [1.82, 2.24) is 9.97 Å². The van der Waals surface area contributed by atoms with Gasteiger partial charge in [-0.05, 0) is 17.7 Å². The molecule has 0 saturated heterocycles. The van der Waals surface area contributed by atoms with Crippen LogP contribution in [0.25, 0.3) is 11.1 Å². The molecule has 2 rings (SSSR count). The lowest BCUT2D eigenvalue weighted by Crippen LogP contribution is -2.15. The monoisotopic (exact) mass is 266 g/mol. The fraction of sp³-hybridized carbons (Fsp3) is 0. The Morgan fingerprint density at radius 2 is 1.88 bits per heavy atom. The lowest BCUT2D eigenvalue weighted by atomic mass is 10.1. The highest BCUT2D eigenvalue weighted by Gasteiger charge is 2.11. The van der Waals surface area contributed by atoms with Gasteiger partial charge < -0.3 is 5.73 Å². The van der Waals surface area contributed by atoms with Gasteiger partial charge in [0.15, 0.2) is 0 Å². The predicted molar refractivity (Wildman–Crippen MR) is 64.8 cm³/mol. The fourth-order valence-electron chi connectivity index (χ4n) is 1.24. The summed E-state index contributed by atoms with van der Waals surface area (Å²) in [6, 6.07) is 6.94. The van der Waals surface area contributed by atoms with E-state index in [4.69, 9.17) is 28.9 Å². The van der Waals surface area contributed by atoms with Gasteiger partial charge in [0.05, 0.1) is 0 Å². The summed E-state index contributed by atoms with van der Waals surface area (Å²) in [6.45, 7) is 0. The molecule has 6 heteroatoms. The van der Waals surface area contributed by atoms with E-state index in [1.165, 1.54) is 0 Å². The summed E-state index contributed by atoms with van der Waals surface area (Å²) in [7, 11) is 0. The zero-order valence-electron chi connectivity index (χ0n) is 8.45. The van der Waals surface area contributed by atoms with Crippen molar-refractivity contribution in [2.45, 2.75) is 0 Å². The summed E-state index contributed by atoms with van der Waals surface area (Å²) in [6.07, 6.45) is 2.63. The third-order valence-electron chi connectivity index (χ3n) is 2.04. The van der Waals surface area contributed by atoms with Gasteiger partial charge in [-0.1, -0.05) is 35.3 Å². The smallest absolute Gasteiger partial charge is 0.286 e. The highest BCUT2D eigenvalue weighted by atomic mass is 35.5. The first-order valence-electron chi connectivity index (χ1n) is 4.59. The second kappa shape index (κ2) is 4.69. The summed E-state index contributed by atoms with van der Waals surface area (Å²) in [4.78, 5) is 18.3. The number of nitrogens with two attached hydrogens (primary N) is 1. The summed E-state index contributed by atoms with van der Waals surface area (Å²) in [5.41, 5.74) is 6.28. The van der Waals surface area contributed by atoms with Crippen molar-refractivity contribution in [3.63, 3.8) is 0 Å². The van der Waals surface area contributed by atoms with E-state index < -0.39 is 5.91 Å². The molecule has 0 aliphatic rings. The Hall–Kier alpha value is -1.65. The van der Waals surface area contributed by atoms with Gasteiger partial charge in [0.1, 0.15) is 11.3 Å². The number of hydrogen-bond acceptors (Lipinski definition) is 3. The van der Waals surface area contributed by atoms with Gasteiger partial charge in [-0.25, -0.2) is 9.97 Å². The maximum absolute atomic E-state index is 10.8. The quantitative estimate of drug-likeness (QED) is 0.849. The van der Waals surface area contributed by atoms with Gasteiger partial charge in [-0.15, -0.1) is 0 Å². The SMILES string of the molecule is NC(=O)c1n[c]c(-c2ccc(Cl)cc2)c(Cl)n1. The summed E-state index contributed by atoms with van der Waals surface area (Å²) in [5, 5.41) is 0.732. The van der Waals surface area contributed by atoms with Crippen molar-refractivity contribution in [3.05, 3.63) is 46.5 Å². The van der Waals surface area contributed by atoms with Crippen LogP contribution in [0.3, 0.4) is 0 Å². The Labute approximate surface area is 107 Å². The second-order valence-electron chi connectivity index (χ2n) is 3.20. The molecular formula is C11H6Cl2N3O. The van der Waals surface area contributed by atoms with Crippen molar-refractivity contribution in [2.24, 2.45) is 5.73 Å². The molecule has 0 atom stereocenters. The Bertz CT molecular complexity index is 569. The lowest BCUT2D eigenvalue weighted by molar-refractivity contribution is 0.0990. The molecule has 85 valence electrons. The number of aromatic nitrogens is 2. The number of halogens is 2. The largest absolute Gasteiger partial charge is 0.363 e. The van der Waals surface area contributed by atoms with E-state index in [1.807, 2.05) is 0 Å². The van der Waals surface area contributed by atoms with Crippen molar-refractivity contribution < 1.29 is 4.79 Å². The van der Waals surface area contributed by atoms with Crippen LogP contribution in [0.1, 0.15) is 10.6 Å². The molecule has 0 aliphatic heterocycles. The average Bonchev–Trinajstić information content (AvgIpc) is 2.30. The molecule has 0 spiro atoms. The van der Waals surface area contributed by atoms with Gasteiger partial charge in [0, 0.05) is 10.6 Å². The summed E-state index contributed by atoms with van der Waals surface area (Å²) < 4.78 is 0. The molecule has 0 aliphatic carbocycles. The minimum Gasteiger partial charge on any atom is -0.363 e. The van der Waals surface area contributed by atoms with E-state index in [0.29, 0.717) is 10.6 Å². The molecule has 0 bridgehead atoms. The minimum absolute atomic E-state index is 0.121. The van der Waals surface area contributed by atoms with Crippen LogP contribution in [0.5, 0.6) is 0 Å². The Balaban J connectivity index is 2.46. The van der Waals surface area contributed by atoms with Crippen LogP contribution in [0.4, 0.5) is 0 Å². The molecule has 1 aromatic heterocycles. The minimum atomic E-state index is -0.745. The third kappa shape index (κ3) is 2.54. The highest BCUT2D eigenvalue weighted by Crippen LogP contribution is 2.26. The number of nitrogens with zero attached hydrogens (tertiary/aromatic N) is 2. The number of carbonyl (C=O) groups is 1. The Morgan fingerprint density at radius 1 is 1.24 bits per heavy atom. The number of rotatable bonds is 2. The van der Waals surface area contributed by atoms with Gasteiger partial charge in [-0.3, -0.25) is 4.79 Å². The van der Waals surface area contributed by atoms with Crippen LogP contribution in [-0.4, -0.2) is 15.9 Å². The first-order chi connectivity index (χ1) is 8.08. The average molecular weight is 267 g/mol. The van der Waals surface area contributed by atoms with Crippen LogP contribution >= 0.6 is 23.2 Å². The standard InChI is InChI=1S/C11H6Cl2N3O/c12-7-3-1-6(2-4-7)8-5-15-11(10(14)17)16-9(8)13/h1-4H,(H2,14,17). The van der Waals surface area contributed by atoms with Crippen molar-refractivity contribution >= 4 is 29.1 Å². The van der Waals surface area contributed by atoms with Crippen molar-refractivity contribution in [3.8, 4) is 11.1 Å². The van der Waals surface area contributed by atoms with Crippen molar-refractivity contribution in [2.75, 3.05) is 0 Å². The highest BCUT2D eigenvalue weighted by molar-refractivity contribution is 6.32. The number of hydrogen-bond donors (Lipinski definition) is 1. The second-order valence-corrected chi connectivity index (χ2v) is 3.99. The van der Waals surface area contributed by atoms with Gasteiger partial charge in [-0.2, -0.15) is 0 Å². The van der Waals surface area contributed by atoms with Crippen molar-refractivity contribution in [1.29, 1.82) is 0 Å². The number of primary amides is 1. The maximum Gasteiger partial charge on any atom is 0.286 e. The van der Waals surface area contributed by atoms with Crippen LogP contribution < -0.4 is 5.73 Å². The van der Waals surface area contributed by atoms with E-state index in [9.17, 15) is 4.79 Å². The third-order valence-corrected chi connectivity index (χ3v) is 2.56. The maximum atomic E-state index is 10.8. The molecule has 2 N–H and O–H groups in total. The van der Waals surface area contributed by atoms with E-state index in [0.717, 1.165) is 5.56 Å². The molecule has 2 aromatic rings. The van der Waals surface area contributed by atoms with Crippen LogP contribution in [-0.2, 0) is 0 Å². The van der Waals surface area contributed by atoms with E-state index >= 15 is 0 Å². The number of benzene rings is 1. The Morgan fingerprint density at radius 3 is 2.41 bits per heavy atom. The first kappa shape index (κ1) is 11.8. The molecule has 1 heterocycles. The predicted octanol–water partition coefficient (Wildman–Crippen LogP) is 2.35. The summed E-state index contributed by atoms with van der Waals surface area (Å²) in [5.74, 6) is -0.904. The molecule has 1 amide bonds. The van der Waals surface area contributed by atoms with Gasteiger partial charge >= 0.3 is 0 Å². The molecule has 0 fully saturated rings. The van der Waals surface area contributed by atoms with E-state index in [1.54, 1.807) is 24.3 Å². The molecule has 0 saturated carbocycles. The van der Waals surface area contributed by atoms with Gasteiger partial charge in [0.25, 0.3) is 5.91 Å². The fourth-order valence-corrected chi connectivity index (χ4v) is 1.60. The normalized spacial score (nSPS) is 10.2. The van der Waals surface area contributed by atoms with Crippen LogP contribution in [0.2, 0.25) is 10.2 Å². The number of carbonyl (C=O) groups excluding carboxylic acids is 1. The molecule has 1 aromatic carbocycles. The molecule has 0 unspecified atom stereocenters. The molecule has 4 nitrogen and oxygen atoms in total. The Kier molecular flexibility index (Phi) is 3.26. The zero-order valence-corrected chi connectivity index (χ0v) is 9.96. The summed E-state index contributed by atoms with van der Waals surface area (Å²) >= 11 is 11.7. The topological polar surface area (TPSA) is 68.9 Å². The van der Waals surface area contributed by atoms with E-state index in [-0.39, 0.29) is 11.0 Å². The molecule has 1 radical (unpaired) electrons. The van der Waals surface area contributed by atoms with Gasteiger partial charge in [0.2, 0.25) is 5.82 Å². The van der Waals surface area contributed by atoms with E-state index in [2.05, 4.69) is 16.2 Å².